The largest absolute Gasteiger partial charge is 0.445 e. The van der Waals surface area contributed by atoms with Crippen LogP contribution in [0.2, 0.25) is 0 Å². The van der Waals surface area contributed by atoms with E-state index in [-0.39, 0.29) is 19.6 Å². The van der Waals surface area contributed by atoms with E-state index in [1.54, 1.807) is 6.07 Å². The Morgan fingerprint density at radius 1 is 0.926 bits per heavy atom. The lowest BCUT2D eigenvalue weighted by molar-refractivity contribution is 0.0145. The molecule has 0 aliphatic carbocycles. The molecule has 5 heteroatoms. The summed E-state index contributed by atoms with van der Waals surface area (Å²) < 4.78 is 5.12. The van der Waals surface area contributed by atoms with Crippen LogP contribution in [0.3, 0.4) is 0 Å². The van der Waals surface area contributed by atoms with Crippen molar-refractivity contribution in [3.8, 4) is 0 Å². The number of alkyl carbamates (subject to hydrolysis) is 1. The van der Waals surface area contributed by atoms with E-state index in [9.17, 15) is 15.0 Å². The Morgan fingerprint density at radius 3 is 2.44 bits per heavy atom. The van der Waals surface area contributed by atoms with E-state index < -0.39 is 18.3 Å². The van der Waals surface area contributed by atoms with Gasteiger partial charge in [0.1, 0.15) is 12.7 Å². The van der Waals surface area contributed by atoms with Crippen LogP contribution in [-0.4, -0.2) is 29.0 Å². The summed E-state index contributed by atoms with van der Waals surface area (Å²) in [5, 5.41) is 25.3. The Hall–Kier alpha value is -2.89. The van der Waals surface area contributed by atoms with Gasteiger partial charge in [-0.2, -0.15) is 0 Å². The van der Waals surface area contributed by atoms with E-state index in [2.05, 4.69) is 5.32 Å². The van der Waals surface area contributed by atoms with Crippen LogP contribution in [0.4, 0.5) is 4.79 Å². The number of hydrogen-bond acceptors (Lipinski definition) is 4. The summed E-state index contributed by atoms with van der Waals surface area (Å²) in [7, 11) is 0. The van der Waals surface area contributed by atoms with Crippen molar-refractivity contribution >= 4 is 16.9 Å². The van der Waals surface area contributed by atoms with Crippen LogP contribution < -0.4 is 5.32 Å². The van der Waals surface area contributed by atoms with E-state index in [0.717, 1.165) is 16.3 Å². The number of aliphatic hydroxyl groups is 2. The van der Waals surface area contributed by atoms with Crippen molar-refractivity contribution in [3.05, 3.63) is 83.9 Å². The molecule has 3 rings (SSSR count). The van der Waals surface area contributed by atoms with Gasteiger partial charge in [0.25, 0.3) is 0 Å². The monoisotopic (exact) mass is 365 g/mol. The number of rotatable bonds is 7. The van der Waals surface area contributed by atoms with Crippen molar-refractivity contribution in [3.63, 3.8) is 0 Å². The van der Waals surface area contributed by atoms with Crippen LogP contribution in [0.1, 0.15) is 23.7 Å². The molecule has 0 fully saturated rings. The van der Waals surface area contributed by atoms with Crippen LogP contribution in [0.15, 0.2) is 72.8 Å². The molecule has 0 heterocycles. The molecule has 140 valence electrons. The highest BCUT2D eigenvalue weighted by atomic mass is 16.5. The summed E-state index contributed by atoms with van der Waals surface area (Å²) in [4.78, 5) is 11.7. The zero-order valence-corrected chi connectivity index (χ0v) is 14.9. The number of ether oxygens (including phenoxy) is 1. The van der Waals surface area contributed by atoms with Crippen LogP contribution in [-0.2, 0) is 11.3 Å². The quantitative estimate of drug-likeness (QED) is 0.598. The average molecular weight is 365 g/mol. The Bertz CT molecular complexity index is 876. The molecule has 3 aromatic carbocycles. The lowest BCUT2D eigenvalue weighted by Gasteiger charge is -2.20. The van der Waals surface area contributed by atoms with Crippen LogP contribution in [0.25, 0.3) is 10.8 Å². The van der Waals surface area contributed by atoms with Crippen molar-refractivity contribution in [2.45, 2.75) is 25.2 Å². The van der Waals surface area contributed by atoms with Gasteiger partial charge < -0.3 is 20.3 Å². The summed E-state index contributed by atoms with van der Waals surface area (Å²) in [6.07, 6.45) is -2.36. The van der Waals surface area contributed by atoms with Gasteiger partial charge in [0.05, 0.1) is 6.10 Å². The molecule has 3 N–H and O–H groups in total. The number of hydrogen-bond donors (Lipinski definition) is 3. The standard InChI is InChI=1S/C22H23NO4/c24-20(13-14-23-22(26)27-15-16-7-2-1-3-8-16)21(25)19-12-6-10-17-9-4-5-11-18(17)19/h1-12,20-21,24-25H,13-15H2,(H,23,26). The number of nitrogens with one attached hydrogen (secondary N) is 1. The fourth-order valence-corrected chi connectivity index (χ4v) is 2.97. The molecule has 27 heavy (non-hydrogen) atoms. The molecule has 0 aliphatic heterocycles. The summed E-state index contributed by atoms with van der Waals surface area (Å²) in [6.45, 7) is 0.393. The van der Waals surface area contributed by atoms with Gasteiger partial charge in [0.15, 0.2) is 0 Å². The van der Waals surface area contributed by atoms with Crippen molar-refractivity contribution in [2.75, 3.05) is 6.54 Å². The molecule has 0 saturated carbocycles. The Labute approximate surface area is 158 Å². The SMILES string of the molecule is O=C(NCCC(O)C(O)c1cccc2ccccc12)OCc1ccccc1. The van der Waals surface area contributed by atoms with E-state index in [1.165, 1.54) is 0 Å². The number of fused-ring (bicyclic) bond motifs is 1. The maximum atomic E-state index is 11.7. The Kier molecular flexibility index (Phi) is 6.41. The number of benzene rings is 3. The third-order valence-electron chi connectivity index (χ3n) is 4.43. The summed E-state index contributed by atoms with van der Waals surface area (Å²) in [6, 6.07) is 22.7. The molecule has 2 atom stereocenters. The molecule has 2 unspecified atom stereocenters. The van der Waals surface area contributed by atoms with Gasteiger partial charge in [-0.1, -0.05) is 72.8 Å². The normalized spacial score (nSPS) is 13.1. The second-order valence-electron chi connectivity index (χ2n) is 6.36. The first-order chi connectivity index (χ1) is 13.1. The highest BCUT2D eigenvalue weighted by Gasteiger charge is 2.20. The van der Waals surface area contributed by atoms with Crippen LogP contribution in [0, 0.1) is 0 Å². The molecule has 0 aliphatic rings. The molecule has 5 nitrogen and oxygen atoms in total. The predicted octanol–water partition coefficient (Wildman–Crippen LogP) is 3.55. The fraction of sp³-hybridized carbons (Fsp3) is 0.227. The second-order valence-corrected chi connectivity index (χ2v) is 6.36. The predicted molar refractivity (Wildman–Crippen MR) is 104 cm³/mol. The number of carbonyl (C=O) groups is 1. The lowest BCUT2D eigenvalue weighted by Crippen LogP contribution is -2.29. The lowest BCUT2D eigenvalue weighted by atomic mass is 9.96. The first kappa shape index (κ1) is 18.9. The molecule has 3 aromatic rings. The molecular weight excluding hydrogens is 342 g/mol. The molecule has 0 spiro atoms. The third kappa shape index (κ3) is 5.06. The zero-order valence-electron chi connectivity index (χ0n) is 14.9. The minimum atomic E-state index is -1.03. The van der Waals surface area contributed by atoms with Gasteiger partial charge in [-0.25, -0.2) is 4.79 Å². The minimum Gasteiger partial charge on any atom is -0.445 e. The third-order valence-corrected chi connectivity index (χ3v) is 4.43. The van der Waals surface area contributed by atoms with Gasteiger partial charge in [-0.15, -0.1) is 0 Å². The molecule has 0 bridgehead atoms. The van der Waals surface area contributed by atoms with E-state index in [1.807, 2.05) is 66.7 Å². The second kappa shape index (κ2) is 9.16. The maximum absolute atomic E-state index is 11.7. The summed E-state index contributed by atoms with van der Waals surface area (Å²) >= 11 is 0. The van der Waals surface area contributed by atoms with Crippen molar-refractivity contribution in [2.24, 2.45) is 0 Å². The molecular formula is C22H23NO4. The van der Waals surface area contributed by atoms with E-state index >= 15 is 0 Å². The highest BCUT2D eigenvalue weighted by molar-refractivity contribution is 5.86. The molecule has 0 aromatic heterocycles. The Balaban J connectivity index is 1.48. The van der Waals surface area contributed by atoms with Gasteiger partial charge in [0.2, 0.25) is 0 Å². The first-order valence-electron chi connectivity index (χ1n) is 8.93. The molecule has 1 amide bonds. The van der Waals surface area contributed by atoms with Crippen molar-refractivity contribution < 1.29 is 19.7 Å². The average Bonchev–Trinajstić information content (AvgIpc) is 2.72. The minimum absolute atomic E-state index is 0.188. The first-order valence-corrected chi connectivity index (χ1v) is 8.93. The van der Waals surface area contributed by atoms with E-state index in [4.69, 9.17) is 4.74 Å². The van der Waals surface area contributed by atoms with Crippen molar-refractivity contribution in [1.82, 2.24) is 5.32 Å². The molecule has 0 radical (unpaired) electrons. The summed E-state index contributed by atoms with van der Waals surface area (Å²) in [5.41, 5.74) is 1.58. The zero-order chi connectivity index (χ0) is 19.1. The maximum Gasteiger partial charge on any atom is 0.407 e. The van der Waals surface area contributed by atoms with Gasteiger partial charge in [-0.3, -0.25) is 0 Å². The topological polar surface area (TPSA) is 78.8 Å². The van der Waals surface area contributed by atoms with Gasteiger partial charge in [-0.05, 0) is 28.3 Å². The summed E-state index contributed by atoms with van der Waals surface area (Å²) in [5.74, 6) is 0. The highest BCUT2D eigenvalue weighted by Crippen LogP contribution is 2.27. The van der Waals surface area contributed by atoms with Crippen molar-refractivity contribution in [1.29, 1.82) is 0 Å². The van der Waals surface area contributed by atoms with Gasteiger partial charge >= 0.3 is 6.09 Å². The molecule has 0 saturated heterocycles. The fourth-order valence-electron chi connectivity index (χ4n) is 2.97. The number of amides is 1. The smallest absolute Gasteiger partial charge is 0.407 e. The van der Waals surface area contributed by atoms with Crippen LogP contribution in [0.5, 0.6) is 0 Å². The Morgan fingerprint density at radius 2 is 1.63 bits per heavy atom. The van der Waals surface area contributed by atoms with Crippen LogP contribution >= 0.6 is 0 Å². The van der Waals surface area contributed by atoms with Gasteiger partial charge in [0, 0.05) is 6.54 Å². The number of carbonyl (C=O) groups excluding carboxylic acids is 1. The number of aliphatic hydroxyl groups excluding tert-OH is 2. The van der Waals surface area contributed by atoms with E-state index in [0.29, 0.717) is 5.56 Å².